The third kappa shape index (κ3) is 2.15. The van der Waals surface area contributed by atoms with Crippen LogP contribution in [0.2, 0.25) is 0 Å². The molecule has 4 heteroatoms. The van der Waals surface area contributed by atoms with E-state index in [1.807, 2.05) is 30.9 Å². The minimum absolute atomic E-state index is 0.960. The molecule has 7 aromatic rings. The van der Waals surface area contributed by atoms with Gasteiger partial charge in [0.1, 0.15) is 5.65 Å². The van der Waals surface area contributed by atoms with Crippen LogP contribution >= 0.6 is 0 Å². The van der Waals surface area contributed by atoms with E-state index in [9.17, 15) is 0 Å². The van der Waals surface area contributed by atoms with Crippen molar-refractivity contribution in [3.63, 3.8) is 0 Å². The molecule has 9 rings (SSSR count). The van der Waals surface area contributed by atoms with E-state index in [2.05, 4.69) is 69.0 Å². The molecule has 0 fully saturated rings. The van der Waals surface area contributed by atoms with Crippen molar-refractivity contribution in [2.75, 3.05) is 0 Å². The molecule has 0 atom stereocenters. The summed E-state index contributed by atoms with van der Waals surface area (Å²) in [6.45, 7) is 0. The number of fused-ring (bicyclic) bond motifs is 15. The predicted octanol–water partition coefficient (Wildman–Crippen LogP) is 6.73. The van der Waals surface area contributed by atoms with Crippen LogP contribution in [0.4, 0.5) is 0 Å². The summed E-state index contributed by atoms with van der Waals surface area (Å²) in [5.41, 5.74) is 15.2. The molecule has 0 saturated heterocycles. The zero-order chi connectivity index (χ0) is 22.7. The molecule has 3 aromatic carbocycles. The first-order valence-electron chi connectivity index (χ1n) is 12.0. The molecule has 0 spiro atoms. The second-order valence-corrected chi connectivity index (χ2v) is 9.73. The highest BCUT2D eigenvalue weighted by molar-refractivity contribution is 6.20. The third-order valence-electron chi connectivity index (χ3n) is 7.97. The fraction of sp³-hybridized carbons (Fsp3) is 0.0645. The lowest BCUT2D eigenvalue weighted by Crippen LogP contribution is -1.94. The van der Waals surface area contributed by atoms with Gasteiger partial charge in [0, 0.05) is 34.7 Å². The van der Waals surface area contributed by atoms with E-state index >= 15 is 0 Å². The van der Waals surface area contributed by atoms with Crippen molar-refractivity contribution in [2.24, 2.45) is 0 Å². The molecule has 0 amide bonds. The van der Waals surface area contributed by atoms with Gasteiger partial charge in [0.25, 0.3) is 0 Å². The summed E-state index contributed by atoms with van der Waals surface area (Å²) in [6.07, 6.45) is 9.57. The molecule has 2 aliphatic carbocycles. The second kappa shape index (κ2) is 6.10. The number of benzene rings is 3. The molecule has 162 valence electrons. The van der Waals surface area contributed by atoms with Crippen molar-refractivity contribution in [3.05, 3.63) is 108 Å². The summed E-state index contributed by atoms with van der Waals surface area (Å²) in [5, 5.41) is 3.58. The van der Waals surface area contributed by atoms with Gasteiger partial charge in [-0.3, -0.25) is 14.4 Å². The van der Waals surface area contributed by atoms with E-state index in [4.69, 9.17) is 4.98 Å². The van der Waals surface area contributed by atoms with E-state index in [-0.39, 0.29) is 0 Å². The van der Waals surface area contributed by atoms with Gasteiger partial charge in [-0.2, -0.15) is 0 Å². The summed E-state index contributed by atoms with van der Waals surface area (Å²) in [5.74, 6) is 0. The molecule has 0 saturated carbocycles. The lowest BCUT2D eigenvalue weighted by atomic mass is 9.94. The molecule has 4 heterocycles. The molecule has 4 aromatic heterocycles. The summed E-state index contributed by atoms with van der Waals surface area (Å²) in [6, 6.07) is 22.4. The third-order valence-corrected chi connectivity index (χ3v) is 7.97. The summed E-state index contributed by atoms with van der Waals surface area (Å²) in [4.78, 5) is 14.0. The molecule has 0 unspecified atom stereocenters. The summed E-state index contributed by atoms with van der Waals surface area (Å²) in [7, 11) is 0. The van der Waals surface area contributed by atoms with Crippen LogP contribution in [-0.2, 0) is 12.8 Å². The van der Waals surface area contributed by atoms with Gasteiger partial charge >= 0.3 is 0 Å². The molecular formula is C31H18N4. The van der Waals surface area contributed by atoms with Crippen LogP contribution in [0.15, 0.2) is 85.5 Å². The first-order chi connectivity index (χ1) is 17.3. The average Bonchev–Trinajstić information content (AvgIpc) is 3.58. The van der Waals surface area contributed by atoms with E-state index in [1.54, 1.807) is 0 Å². The smallest absolute Gasteiger partial charge is 0.146 e. The largest absolute Gasteiger partial charge is 0.290 e. The quantitative estimate of drug-likeness (QED) is 0.243. The van der Waals surface area contributed by atoms with Gasteiger partial charge in [-0.25, -0.2) is 4.98 Å². The zero-order valence-corrected chi connectivity index (χ0v) is 18.8. The van der Waals surface area contributed by atoms with Crippen LogP contribution in [0.3, 0.4) is 0 Å². The Labute approximate surface area is 200 Å². The Balaban J connectivity index is 1.43. The maximum atomic E-state index is 5.06. The number of hydrogen-bond acceptors (Lipinski definition) is 3. The van der Waals surface area contributed by atoms with E-state index in [1.165, 1.54) is 49.9 Å². The van der Waals surface area contributed by atoms with Gasteiger partial charge in [0.05, 0.1) is 22.7 Å². The van der Waals surface area contributed by atoms with Crippen molar-refractivity contribution >= 4 is 38.4 Å². The lowest BCUT2D eigenvalue weighted by Gasteiger charge is -2.13. The SMILES string of the molecule is c1ccc2c(c1)Cc1cc3c(cc1-2)Cc1ccc2c(c1-3)c1cnccc1n1c3cnccc3nc21. The highest BCUT2D eigenvalue weighted by Crippen LogP contribution is 2.48. The molecule has 0 bridgehead atoms. The molecule has 35 heavy (non-hydrogen) atoms. The minimum Gasteiger partial charge on any atom is -0.290 e. The normalized spacial score (nSPS) is 13.5. The highest BCUT2D eigenvalue weighted by atomic mass is 15.0. The number of imidazole rings is 1. The van der Waals surface area contributed by atoms with Crippen LogP contribution in [0.1, 0.15) is 22.3 Å². The molecule has 0 aliphatic heterocycles. The van der Waals surface area contributed by atoms with Crippen LogP contribution < -0.4 is 0 Å². The molecule has 0 N–H and O–H groups in total. The van der Waals surface area contributed by atoms with Crippen LogP contribution in [0, 0.1) is 0 Å². The monoisotopic (exact) mass is 446 g/mol. The lowest BCUT2D eigenvalue weighted by molar-refractivity contribution is 1.24. The topological polar surface area (TPSA) is 43.1 Å². The molecule has 0 radical (unpaired) electrons. The fourth-order valence-electron chi connectivity index (χ4n) is 6.50. The number of pyridine rings is 3. The Morgan fingerprint density at radius 1 is 0.629 bits per heavy atom. The highest BCUT2D eigenvalue weighted by Gasteiger charge is 2.28. The predicted molar refractivity (Wildman–Crippen MR) is 140 cm³/mol. The second-order valence-electron chi connectivity index (χ2n) is 9.73. The van der Waals surface area contributed by atoms with Crippen molar-refractivity contribution in [2.45, 2.75) is 12.8 Å². The Hall–Kier alpha value is -4.57. The van der Waals surface area contributed by atoms with Crippen LogP contribution in [0.5, 0.6) is 0 Å². The Kier molecular flexibility index (Phi) is 3.11. The molecular weight excluding hydrogens is 428 g/mol. The first-order valence-corrected chi connectivity index (χ1v) is 12.0. The number of hydrogen-bond donors (Lipinski definition) is 0. The van der Waals surface area contributed by atoms with Crippen LogP contribution in [0.25, 0.3) is 60.6 Å². The summed E-state index contributed by atoms with van der Waals surface area (Å²) >= 11 is 0. The van der Waals surface area contributed by atoms with Crippen molar-refractivity contribution in [1.82, 2.24) is 19.4 Å². The van der Waals surface area contributed by atoms with Crippen molar-refractivity contribution in [3.8, 4) is 22.3 Å². The van der Waals surface area contributed by atoms with Gasteiger partial charge in [0.2, 0.25) is 0 Å². The first kappa shape index (κ1) is 17.8. The van der Waals surface area contributed by atoms with Crippen molar-refractivity contribution < 1.29 is 0 Å². The maximum absolute atomic E-state index is 5.06. The number of rotatable bonds is 0. The standard InChI is InChI=1S/C31H18N4/c1-2-4-21-17(3-1)11-19-14-24-20(13-23(19)21)12-18-5-6-22-30(29(18)24)25-15-32-10-8-27(25)35-28-16-33-9-7-26(28)34-31(22)35/h1-10,13-16H,11-12H2. The number of nitrogens with zero attached hydrogens (tertiary/aromatic N) is 4. The maximum Gasteiger partial charge on any atom is 0.146 e. The van der Waals surface area contributed by atoms with Gasteiger partial charge in [-0.1, -0.05) is 36.4 Å². The number of aromatic nitrogens is 4. The van der Waals surface area contributed by atoms with Crippen LogP contribution in [-0.4, -0.2) is 19.4 Å². The Bertz CT molecular complexity index is 2070. The minimum atomic E-state index is 0.960. The zero-order valence-electron chi connectivity index (χ0n) is 18.8. The average molecular weight is 447 g/mol. The van der Waals surface area contributed by atoms with Gasteiger partial charge in [-0.05, 0) is 81.6 Å². The van der Waals surface area contributed by atoms with Gasteiger partial charge < -0.3 is 0 Å². The Morgan fingerprint density at radius 3 is 2.46 bits per heavy atom. The fourth-order valence-corrected chi connectivity index (χ4v) is 6.50. The summed E-state index contributed by atoms with van der Waals surface area (Å²) < 4.78 is 2.24. The molecule has 4 nitrogen and oxygen atoms in total. The van der Waals surface area contributed by atoms with E-state index in [0.29, 0.717) is 0 Å². The van der Waals surface area contributed by atoms with Crippen molar-refractivity contribution in [1.29, 1.82) is 0 Å². The van der Waals surface area contributed by atoms with Gasteiger partial charge in [0.15, 0.2) is 0 Å². The van der Waals surface area contributed by atoms with E-state index in [0.717, 1.165) is 45.8 Å². The van der Waals surface area contributed by atoms with E-state index < -0.39 is 0 Å². The Morgan fingerprint density at radius 2 is 1.46 bits per heavy atom. The molecule has 2 aliphatic rings. The van der Waals surface area contributed by atoms with Gasteiger partial charge in [-0.15, -0.1) is 0 Å².